The van der Waals surface area contributed by atoms with Crippen LogP contribution in [-0.2, 0) is 0 Å². The Hall–Kier alpha value is -0.860. The van der Waals surface area contributed by atoms with Gasteiger partial charge in [-0.2, -0.15) is 0 Å². The number of hydrogen-bond acceptors (Lipinski definition) is 3. The Morgan fingerprint density at radius 1 is 1.47 bits per heavy atom. The van der Waals surface area contributed by atoms with E-state index in [0.29, 0.717) is 5.96 Å². The maximum Gasteiger partial charge on any atom is 0.188 e. The molecule has 104 valence electrons. The molecule has 0 saturated heterocycles. The Morgan fingerprint density at radius 2 is 2.21 bits per heavy atom. The zero-order valence-electron chi connectivity index (χ0n) is 10.7. The van der Waals surface area contributed by atoms with Gasteiger partial charge in [0.15, 0.2) is 5.96 Å². The topological polar surface area (TPSA) is 70.6 Å². The summed E-state index contributed by atoms with van der Waals surface area (Å²) in [4.78, 5) is 5.02. The van der Waals surface area contributed by atoms with Crippen LogP contribution in [0.25, 0.3) is 10.1 Å². The van der Waals surface area contributed by atoms with E-state index in [1.807, 2.05) is 37.3 Å². The second-order valence-corrected chi connectivity index (χ2v) is 5.07. The molecule has 19 heavy (non-hydrogen) atoms. The lowest BCUT2D eigenvalue weighted by Crippen LogP contribution is -2.31. The van der Waals surface area contributed by atoms with Crippen molar-refractivity contribution in [2.24, 2.45) is 10.7 Å². The van der Waals surface area contributed by atoms with E-state index in [4.69, 9.17) is 5.73 Å². The van der Waals surface area contributed by atoms with Crippen molar-refractivity contribution in [3.63, 3.8) is 0 Å². The normalized spacial score (nSPS) is 13.1. The maximum absolute atomic E-state index is 10.1. The summed E-state index contributed by atoms with van der Waals surface area (Å²) in [6, 6.07) is 10.1. The van der Waals surface area contributed by atoms with E-state index < -0.39 is 6.10 Å². The van der Waals surface area contributed by atoms with E-state index in [1.54, 1.807) is 11.3 Å². The highest BCUT2D eigenvalue weighted by atomic mass is 127. The van der Waals surface area contributed by atoms with E-state index in [9.17, 15) is 5.11 Å². The van der Waals surface area contributed by atoms with E-state index in [1.165, 1.54) is 4.70 Å². The van der Waals surface area contributed by atoms with Crippen LogP contribution in [0.3, 0.4) is 0 Å². The van der Waals surface area contributed by atoms with Crippen LogP contribution in [0.5, 0.6) is 0 Å². The van der Waals surface area contributed by atoms with Gasteiger partial charge in [-0.15, -0.1) is 35.3 Å². The minimum absolute atomic E-state index is 0. The molecular formula is C13H18IN3OS. The number of nitrogens with zero attached hydrogens (tertiary/aromatic N) is 1. The minimum Gasteiger partial charge on any atom is -0.386 e. The second-order valence-electron chi connectivity index (χ2n) is 3.96. The molecule has 0 fully saturated rings. The molecule has 0 saturated carbocycles. The Balaban J connectivity index is 0.00000180. The van der Waals surface area contributed by atoms with Gasteiger partial charge in [0.05, 0.1) is 6.54 Å². The highest BCUT2D eigenvalue weighted by molar-refractivity contribution is 14.0. The summed E-state index contributed by atoms with van der Waals surface area (Å²) in [5, 5.41) is 14.1. The number of hydrogen-bond donors (Lipinski definition) is 3. The van der Waals surface area contributed by atoms with Gasteiger partial charge in [0.25, 0.3) is 0 Å². The third-order valence-electron chi connectivity index (χ3n) is 2.57. The largest absolute Gasteiger partial charge is 0.386 e. The summed E-state index contributed by atoms with van der Waals surface area (Å²) in [6.45, 7) is 2.96. The number of nitrogens with one attached hydrogen (secondary N) is 1. The zero-order chi connectivity index (χ0) is 13.0. The lowest BCUT2D eigenvalue weighted by Gasteiger charge is -2.06. The molecule has 1 atom stereocenters. The predicted molar refractivity (Wildman–Crippen MR) is 92.4 cm³/mol. The quantitative estimate of drug-likeness (QED) is 0.426. The predicted octanol–water partition coefficient (Wildman–Crippen LogP) is 2.48. The molecule has 1 aromatic heterocycles. The second kappa shape index (κ2) is 7.66. The summed E-state index contributed by atoms with van der Waals surface area (Å²) in [7, 11) is 0. The van der Waals surface area contributed by atoms with Crippen molar-refractivity contribution >= 4 is 51.4 Å². The summed E-state index contributed by atoms with van der Waals surface area (Å²) >= 11 is 1.59. The van der Waals surface area contributed by atoms with Gasteiger partial charge in [-0.3, -0.25) is 4.99 Å². The Bertz CT molecular complexity index is 523. The lowest BCUT2D eigenvalue weighted by atomic mass is 10.2. The molecule has 1 aromatic carbocycles. The fourth-order valence-electron chi connectivity index (χ4n) is 1.68. The number of aliphatic imine (C=N–C) groups is 1. The molecule has 0 spiro atoms. The van der Waals surface area contributed by atoms with Crippen LogP contribution in [0, 0.1) is 0 Å². The molecule has 1 unspecified atom stereocenters. The molecule has 0 aliphatic heterocycles. The Morgan fingerprint density at radius 3 is 2.89 bits per heavy atom. The van der Waals surface area contributed by atoms with Gasteiger partial charge in [0.1, 0.15) is 6.10 Å². The number of thiophene rings is 1. The minimum atomic E-state index is -0.598. The van der Waals surface area contributed by atoms with Crippen molar-refractivity contribution in [2.45, 2.75) is 13.0 Å². The number of aliphatic hydroxyl groups is 1. The molecule has 0 aliphatic carbocycles. The maximum atomic E-state index is 10.1. The molecule has 0 radical (unpaired) electrons. The first kappa shape index (κ1) is 16.2. The molecular weight excluding hydrogens is 373 g/mol. The average molecular weight is 391 g/mol. The third kappa shape index (κ3) is 4.32. The first-order chi connectivity index (χ1) is 8.70. The molecule has 4 nitrogen and oxygen atoms in total. The molecule has 4 N–H and O–H groups in total. The SMILES string of the molecule is CCNC(N)=NCC(O)c1cc2ccccc2s1.I. The van der Waals surface area contributed by atoms with Crippen LogP contribution in [0.2, 0.25) is 0 Å². The number of halogens is 1. The van der Waals surface area contributed by atoms with Crippen LogP contribution >= 0.6 is 35.3 Å². The van der Waals surface area contributed by atoms with Crippen LogP contribution < -0.4 is 11.1 Å². The molecule has 0 aliphatic rings. The number of fused-ring (bicyclic) bond motifs is 1. The monoisotopic (exact) mass is 391 g/mol. The first-order valence-electron chi connectivity index (χ1n) is 5.91. The van der Waals surface area contributed by atoms with Gasteiger partial charge in [-0.1, -0.05) is 18.2 Å². The number of guanidine groups is 1. The van der Waals surface area contributed by atoms with E-state index in [2.05, 4.69) is 10.3 Å². The molecule has 0 amide bonds. The molecule has 6 heteroatoms. The highest BCUT2D eigenvalue weighted by Crippen LogP contribution is 2.29. The number of rotatable bonds is 4. The summed E-state index contributed by atoms with van der Waals surface area (Å²) in [5.41, 5.74) is 5.62. The van der Waals surface area contributed by atoms with Crippen molar-refractivity contribution in [1.82, 2.24) is 5.32 Å². The highest BCUT2D eigenvalue weighted by Gasteiger charge is 2.10. The van der Waals surface area contributed by atoms with Gasteiger partial charge >= 0.3 is 0 Å². The average Bonchev–Trinajstić information content (AvgIpc) is 2.80. The lowest BCUT2D eigenvalue weighted by molar-refractivity contribution is 0.191. The van der Waals surface area contributed by atoms with Gasteiger partial charge < -0.3 is 16.2 Å². The van der Waals surface area contributed by atoms with Crippen molar-refractivity contribution in [3.8, 4) is 0 Å². The van der Waals surface area contributed by atoms with Crippen molar-refractivity contribution < 1.29 is 5.11 Å². The number of aliphatic hydroxyl groups excluding tert-OH is 1. The Kier molecular flexibility index (Phi) is 6.53. The zero-order valence-corrected chi connectivity index (χ0v) is 13.8. The Labute approximate surface area is 133 Å². The first-order valence-corrected chi connectivity index (χ1v) is 6.72. The molecule has 2 aromatic rings. The summed E-state index contributed by atoms with van der Waals surface area (Å²) < 4.78 is 1.18. The molecule has 1 heterocycles. The van der Waals surface area contributed by atoms with E-state index in [-0.39, 0.29) is 30.5 Å². The fraction of sp³-hybridized carbons (Fsp3) is 0.308. The fourth-order valence-corrected chi connectivity index (χ4v) is 2.72. The summed E-state index contributed by atoms with van der Waals surface area (Å²) in [5.74, 6) is 0.373. The molecule has 0 bridgehead atoms. The van der Waals surface area contributed by atoms with Crippen molar-refractivity contribution in [1.29, 1.82) is 0 Å². The van der Waals surface area contributed by atoms with Crippen LogP contribution in [-0.4, -0.2) is 24.2 Å². The number of nitrogens with two attached hydrogens (primary N) is 1. The third-order valence-corrected chi connectivity index (χ3v) is 3.78. The van der Waals surface area contributed by atoms with Gasteiger partial charge in [0, 0.05) is 16.1 Å². The van der Waals surface area contributed by atoms with Crippen molar-refractivity contribution in [2.75, 3.05) is 13.1 Å². The van der Waals surface area contributed by atoms with Crippen LogP contribution in [0.15, 0.2) is 35.3 Å². The van der Waals surface area contributed by atoms with Gasteiger partial charge in [-0.05, 0) is 24.4 Å². The van der Waals surface area contributed by atoms with Gasteiger partial charge in [0.2, 0.25) is 0 Å². The molecule has 2 rings (SSSR count). The standard InChI is InChI=1S/C13H17N3OS.HI/c1-2-15-13(14)16-8-10(17)12-7-9-5-3-4-6-11(9)18-12;/h3-7,10,17H,2,8H2,1H3,(H3,14,15,16);1H. The van der Waals surface area contributed by atoms with E-state index >= 15 is 0 Å². The van der Waals surface area contributed by atoms with Crippen LogP contribution in [0.1, 0.15) is 17.9 Å². The summed E-state index contributed by atoms with van der Waals surface area (Å²) in [6.07, 6.45) is -0.598. The van der Waals surface area contributed by atoms with Gasteiger partial charge in [-0.25, -0.2) is 0 Å². The van der Waals surface area contributed by atoms with E-state index in [0.717, 1.165) is 16.8 Å². The smallest absolute Gasteiger partial charge is 0.188 e. The number of benzene rings is 1. The van der Waals surface area contributed by atoms with Crippen LogP contribution in [0.4, 0.5) is 0 Å². The van der Waals surface area contributed by atoms with Crippen molar-refractivity contribution in [3.05, 3.63) is 35.2 Å².